The second-order valence-electron chi connectivity index (χ2n) is 5.78. The molecule has 0 atom stereocenters. The summed E-state index contributed by atoms with van der Waals surface area (Å²) in [5.41, 5.74) is 1.05. The van der Waals surface area contributed by atoms with Crippen LogP contribution in [0.2, 0.25) is 0 Å². The molecule has 0 unspecified atom stereocenters. The van der Waals surface area contributed by atoms with Crippen LogP contribution in [0, 0.1) is 0 Å². The van der Waals surface area contributed by atoms with Crippen LogP contribution in [0.1, 0.15) is 19.8 Å². The maximum atomic E-state index is 12.2. The predicted molar refractivity (Wildman–Crippen MR) is 95.8 cm³/mol. The molecule has 0 aliphatic rings. The van der Waals surface area contributed by atoms with Crippen LogP contribution in [0.25, 0.3) is 11.0 Å². The fourth-order valence-corrected chi connectivity index (χ4v) is 3.69. The molecular weight excluding hydrogens is 405 g/mol. The van der Waals surface area contributed by atoms with E-state index in [1.54, 1.807) is 11.4 Å². The van der Waals surface area contributed by atoms with Crippen LogP contribution in [-0.2, 0) is 21.4 Å². The number of nitrogens with two attached hydrogens (primary N) is 1. The molecule has 3 N–H and O–H groups in total. The molecule has 0 fully saturated rings. The number of nitrogens with zero attached hydrogens (tertiary/aromatic N) is 2. The Morgan fingerprint density at radius 3 is 2.67 bits per heavy atom. The summed E-state index contributed by atoms with van der Waals surface area (Å²) in [5.74, 6) is -1.01. The zero-order chi connectivity index (χ0) is 20.2. The number of aromatic nitrogens is 2. The number of thioether (sulfide) groups is 1. The highest BCUT2D eigenvalue weighted by Crippen LogP contribution is 2.26. The molecule has 0 spiro atoms. The van der Waals surface area contributed by atoms with Gasteiger partial charge >= 0.3 is 6.18 Å². The van der Waals surface area contributed by atoms with Crippen LogP contribution in [0.4, 0.5) is 13.2 Å². The number of primary sulfonamides is 1. The predicted octanol–water partition coefficient (Wildman–Crippen LogP) is 2.25. The molecule has 0 radical (unpaired) electrons. The monoisotopic (exact) mass is 424 g/mol. The number of carbonyl (C=O) groups is 1. The molecule has 1 heterocycles. The number of unbranched alkanes of at least 4 members (excludes halogenated alkanes) is 1. The minimum absolute atomic E-state index is 0.0883. The van der Waals surface area contributed by atoms with Crippen LogP contribution in [0.3, 0.4) is 0 Å². The Bertz CT molecular complexity index is 926. The van der Waals surface area contributed by atoms with Gasteiger partial charge in [-0.25, -0.2) is 18.5 Å². The normalized spacial score (nSPS) is 12.5. The fourth-order valence-electron chi connectivity index (χ4n) is 2.29. The summed E-state index contributed by atoms with van der Waals surface area (Å²) >= 11 is 0.987. The highest BCUT2D eigenvalue weighted by atomic mass is 32.2. The van der Waals surface area contributed by atoms with Gasteiger partial charge in [0.25, 0.3) is 0 Å². The van der Waals surface area contributed by atoms with Crippen molar-refractivity contribution in [2.24, 2.45) is 5.14 Å². The van der Waals surface area contributed by atoms with Crippen molar-refractivity contribution >= 4 is 38.7 Å². The molecule has 27 heavy (non-hydrogen) atoms. The number of aryl methyl sites for hydroxylation is 1. The van der Waals surface area contributed by atoms with Gasteiger partial charge in [0.1, 0.15) is 6.54 Å². The summed E-state index contributed by atoms with van der Waals surface area (Å²) in [5, 5.41) is 7.35. The third-order valence-corrected chi connectivity index (χ3v) is 5.45. The van der Waals surface area contributed by atoms with Gasteiger partial charge in [0.15, 0.2) is 5.16 Å². The first-order valence-electron chi connectivity index (χ1n) is 8.00. The number of amides is 1. The number of fused-ring (bicyclic) bond motifs is 1. The number of nitrogens with one attached hydrogen (secondary N) is 1. The number of hydrogen-bond acceptors (Lipinski definition) is 5. The van der Waals surface area contributed by atoms with Gasteiger partial charge in [0, 0.05) is 6.54 Å². The summed E-state index contributed by atoms with van der Waals surface area (Å²) in [6, 6.07) is 4.28. The van der Waals surface area contributed by atoms with E-state index in [-0.39, 0.29) is 10.6 Å². The average Bonchev–Trinajstić information content (AvgIpc) is 2.91. The Balaban J connectivity index is 2.24. The lowest BCUT2D eigenvalue weighted by Crippen LogP contribution is -2.34. The van der Waals surface area contributed by atoms with Gasteiger partial charge in [-0.2, -0.15) is 13.2 Å². The molecular formula is C15H19F3N4O3S2. The van der Waals surface area contributed by atoms with Crippen LogP contribution in [0.5, 0.6) is 0 Å². The molecule has 0 aliphatic heterocycles. The van der Waals surface area contributed by atoms with Crippen molar-refractivity contribution in [3.05, 3.63) is 18.2 Å². The SMILES string of the molecule is CCCCn1c(SCC(=O)NCC(F)(F)F)nc2cc(S(N)(=O)=O)ccc21. The Kier molecular flexibility index (Phi) is 6.76. The van der Waals surface area contributed by atoms with Crippen molar-refractivity contribution in [1.29, 1.82) is 0 Å². The molecule has 1 aromatic carbocycles. The number of carbonyl (C=O) groups excluding carboxylic acids is 1. The first-order valence-corrected chi connectivity index (χ1v) is 10.5. The van der Waals surface area contributed by atoms with Gasteiger partial charge in [0.2, 0.25) is 15.9 Å². The third kappa shape index (κ3) is 6.11. The molecule has 0 saturated heterocycles. The van der Waals surface area contributed by atoms with E-state index in [1.807, 2.05) is 11.5 Å². The maximum absolute atomic E-state index is 12.2. The summed E-state index contributed by atoms with van der Waals surface area (Å²) < 4.78 is 61.3. The second kappa shape index (κ2) is 8.48. The Morgan fingerprint density at radius 2 is 2.07 bits per heavy atom. The summed E-state index contributed by atoms with van der Waals surface area (Å²) in [6.45, 7) is 1.18. The first-order chi connectivity index (χ1) is 12.5. The Morgan fingerprint density at radius 1 is 1.37 bits per heavy atom. The van der Waals surface area contributed by atoms with Crippen molar-refractivity contribution < 1.29 is 26.4 Å². The standard InChI is InChI=1S/C15H19F3N4O3S2/c1-2-3-6-22-12-5-4-10(27(19,24)25)7-11(12)21-14(22)26-8-13(23)20-9-15(16,17)18/h4-5,7H,2-3,6,8-9H2,1H3,(H,20,23)(H2,19,24,25). The quantitative estimate of drug-likeness (QED) is 0.632. The van der Waals surface area contributed by atoms with E-state index in [9.17, 15) is 26.4 Å². The number of imidazole rings is 1. The molecule has 1 amide bonds. The van der Waals surface area contributed by atoms with Gasteiger partial charge < -0.3 is 9.88 Å². The second-order valence-corrected chi connectivity index (χ2v) is 8.28. The van der Waals surface area contributed by atoms with Crippen molar-refractivity contribution in [3.8, 4) is 0 Å². The zero-order valence-electron chi connectivity index (χ0n) is 14.4. The lowest BCUT2D eigenvalue weighted by atomic mass is 10.3. The fraction of sp³-hybridized carbons (Fsp3) is 0.467. The largest absolute Gasteiger partial charge is 0.405 e. The van der Waals surface area contributed by atoms with E-state index in [0.29, 0.717) is 22.7 Å². The number of rotatable bonds is 8. The van der Waals surface area contributed by atoms with Crippen LogP contribution < -0.4 is 10.5 Å². The number of sulfonamides is 1. The molecule has 7 nitrogen and oxygen atoms in total. The van der Waals surface area contributed by atoms with Gasteiger partial charge in [-0.3, -0.25) is 4.79 Å². The number of benzene rings is 1. The number of alkyl halides is 3. The molecule has 2 rings (SSSR count). The van der Waals surface area contributed by atoms with Crippen molar-refractivity contribution in [2.45, 2.75) is 42.5 Å². The van der Waals surface area contributed by atoms with Crippen molar-refractivity contribution in [2.75, 3.05) is 12.3 Å². The van der Waals surface area contributed by atoms with E-state index in [4.69, 9.17) is 5.14 Å². The molecule has 0 aliphatic carbocycles. The molecule has 0 saturated carbocycles. The van der Waals surface area contributed by atoms with Gasteiger partial charge in [0.05, 0.1) is 21.7 Å². The van der Waals surface area contributed by atoms with Gasteiger partial charge in [-0.15, -0.1) is 0 Å². The van der Waals surface area contributed by atoms with E-state index in [2.05, 4.69) is 4.98 Å². The molecule has 2 aromatic rings. The summed E-state index contributed by atoms with van der Waals surface area (Å²) in [6.07, 6.45) is -2.76. The topological polar surface area (TPSA) is 107 Å². The smallest absolute Gasteiger partial charge is 0.346 e. The van der Waals surface area contributed by atoms with Gasteiger partial charge in [-0.05, 0) is 24.6 Å². The van der Waals surface area contributed by atoms with E-state index < -0.39 is 28.7 Å². The molecule has 150 valence electrons. The Hall–Kier alpha value is -1.79. The van der Waals surface area contributed by atoms with Crippen LogP contribution >= 0.6 is 11.8 Å². The minimum Gasteiger partial charge on any atom is -0.346 e. The highest BCUT2D eigenvalue weighted by molar-refractivity contribution is 7.99. The van der Waals surface area contributed by atoms with Crippen molar-refractivity contribution in [3.63, 3.8) is 0 Å². The summed E-state index contributed by atoms with van der Waals surface area (Å²) in [4.78, 5) is 15.9. The number of halogens is 3. The Labute approximate surface area is 158 Å². The highest BCUT2D eigenvalue weighted by Gasteiger charge is 2.27. The van der Waals surface area contributed by atoms with Crippen molar-refractivity contribution in [1.82, 2.24) is 14.9 Å². The zero-order valence-corrected chi connectivity index (χ0v) is 16.0. The molecule has 12 heteroatoms. The van der Waals surface area contributed by atoms with E-state index in [0.717, 1.165) is 24.6 Å². The van der Waals surface area contributed by atoms with Crippen LogP contribution in [-0.4, -0.2) is 42.3 Å². The minimum atomic E-state index is -4.47. The lowest BCUT2D eigenvalue weighted by Gasteiger charge is -2.09. The average molecular weight is 424 g/mol. The van der Waals surface area contributed by atoms with Gasteiger partial charge in [-0.1, -0.05) is 25.1 Å². The summed E-state index contributed by atoms with van der Waals surface area (Å²) in [7, 11) is -3.89. The van der Waals surface area contributed by atoms with E-state index >= 15 is 0 Å². The lowest BCUT2D eigenvalue weighted by molar-refractivity contribution is -0.136. The maximum Gasteiger partial charge on any atom is 0.405 e. The molecule has 0 bridgehead atoms. The first kappa shape index (κ1) is 21.5. The van der Waals surface area contributed by atoms with Crippen LogP contribution in [0.15, 0.2) is 28.3 Å². The third-order valence-electron chi connectivity index (χ3n) is 3.57. The number of hydrogen-bond donors (Lipinski definition) is 2. The molecule has 1 aromatic heterocycles. The van der Waals surface area contributed by atoms with E-state index in [1.165, 1.54) is 12.1 Å².